The summed E-state index contributed by atoms with van der Waals surface area (Å²) in [7, 11) is 0. The fourth-order valence-corrected chi connectivity index (χ4v) is 2.93. The fraction of sp³-hybridized carbons (Fsp3) is 0.538. The summed E-state index contributed by atoms with van der Waals surface area (Å²) in [4.78, 5) is 0. The average molecular weight is 187 g/mol. The molecular weight excluding hydrogens is 170 g/mol. The van der Waals surface area contributed by atoms with Crippen LogP contribution in [0.15, 0.2) is 18.2 Å². The molecule has 0 heterocycles. The molecule has 0 amide bonds. The van der Waals surface area contributed by atoms with E-state index in [1.165, 1.54) is 31.2 Å². The van der Waals surface area contributed by atoms with Crippen LogP contribution in [0.5, 0.6) is 0 Å². The zero-order valence-electron chi connectivity index (χ0n) is 8.72. The van der Waals surface area contributed by atoms with E-state index < -0.39 is 0 Å². The highest BCUT2D eigenvalue weighted by Gasteiger charge is 2.48. The van der Waals surface area contributed by atoms with Gasteiger partial charge in [-0.05, 0) is 49.3 Å². The summed E-state index contributed by atoms with van der Waals surface area (Å²) >= 11 is 0. The minimum absolute atomic E-state index is 0.166. The van der Waals surface area contributed by atoms with Gasteiger partial charge in [0.1, 0.15) is 0 Å². The maximum absolute atomic E-state index is 6.32. The second kappa shape index (κ2) is 2.60. The van der Waals surface area contributed by atoms with Gasteiger partial charge < -0.3 is 5.73 Å². The van der Waals surface area contributed by atoms with Crippen molar-refractivity contribution in [1.29, 1.82) is 0 Å². The van der Waals surface area contributed by atoms with Crippen LogP contribution >= 0.6 is 0 Å². The Hall–Kier alpha value is -0.820. The molecule has 0 spiro atoms. The van der Waals surface area contributed by atoms with E-state index in [2.05, 4.69) is 25.1 Å². The van der Waals surface area contributed by atoms with Gasteiger partial charge in [0.15, 0.2) is 0 Å². The highest BCUT2D eigenvalue weighted by Crippen LogP contribution is 2.51. The first-order valence-corrected chi connectivity index (χ1v) is 5.58. The van der Waals surface area contributed by atoms with Crippen LogP contribution in [0.3, 0.4) is 0 Å². The number of benzene rings is 1. The van der Waals surface area contributed by atoms with E-state index in [1.54, 1.807) is 11.1 Å². The molecule has 2 N–H and O–H groups in total. The molecule has 74 valence electrons. The van der Waals surface area contributed by atoms with Crippen molar-refractivity contribution in [2.24, 2.45) is 5.73 Å². The lowest BCUT2D eigenvalue weighted by molar-refractivity contribution is 0.516. The molecule has 1 fully saturated rings. The molecule has 1 unspecified atom stereocenters. The zero-order valence-corrected chi connectivity index (χ0v) is 8.72. The topological polar surface area (TPSA) is 26.0 Å². The minimum atomic E-state index is 0.166. The van der Waals surface area contributed by atoms with E-state index >= 15 is 0 Å². The maximum Gasteiger partial charge on any atom is 0.0225 e. The number of aryl methyl sites for hydroxylation is 1. The Morgan fingerprint density at radius 1 is 1.36 bits per heavy atom. The molecule has 14 heavy (non-hydrogen) atoms. The summed E-state index contributed by atoms with van der Waals surface area (Å²) in [5, 5.41) is 0. The van der Waals surface area contributed by atoms with Gasteiger partial charge in [-0.2, -0.15) is 0 Å². The third kappa shape index (κ3) is 1.05. The van der Waals surface area contributed by atoms with Gasteiger partial charge in [-0.15, -0.1) is 0 Å². The van der Waals surface area contributed by atoms with Gasteiger partial charge in [0.25, 0.3) is 0 Å². The van der Waals surface area contributed by atoms with Crippen molar-refractivity contribution in [1.82, 2.24) is 0 Å². The fourth-order valence-electron chi connectivity index (χ4n) is 2.93. The van der Waals surface area contributed by atoms with Crippen LogP contribution in [0.2, 0.25) is 0 Å². The molecule has 0 bridgehead atoms. The number of fused-ring (bicyclic) bond motifs is 1. The van der Waals surface area contributed by atoms with E-state index in [0.29, 0.717) is 5.92 Å². The molecule has 0 radical (unpaired) electrons. The second-order valence-electron chi connectivity index (χ2n) is 4.97. The predicted octanol–water partition coefficient (Wildman–Crippen LogP) is 2.52. The lowest BCUT2D eigenvalue weighted by Crippen LogP contribution is -2.29. The number of rotatable bonds is 1. The van der Waals surface area contributed by atoms with Crippen LogP contribution in [0.4, 0.5) is 0 Å². The molecule has 1 atom stereocenters. The molecule has 1 nitrogen and oxygen atoms in total. The van der Waals surface area contributed by atoms with E-state index in [9.17, 15) is 0 Å². The summed E-state index contributed by atoms with van der Waals surface area (Å²) in [6.07, 6.45) is 4.97. The Kier molecular flexibility index (Phi) is 1.58. The highest BCUT2D eigenvalue weighted by atomic mass is 14.8. The average Bonchev–Trinajstić information content (AvgIpc) is 2.77. The SMILES string of the molecule is Cc1cccc2c1CCC2C1(N)CC1. The summed E-state index contributed by atoms with van der Waals surface area (Å²) in [5.74, 6) is 0.650. The summed E-state index contributed by atoms with van der Waals surface area (Å²) in [6, 6.07) is 6.68. The minimum Gasteiger partial charge on any atom is -0.325 e. The monoisotopic (exact) mass is 187 g/mol. The summed E-state index contributed by atoms with van der Waals surface area (Å²) < 4.78 is 0. The van der Waals surface area contributed by atoms with Crippen LogP contribution in [-0.4, -0.2) is 5.54 Å². The van der Waals surface area contributed by atoms with Gasteiger partial charge in [0.05, 0.1) is 0 Å². The molecule has 2 aliphatic rings. The lowest BCUT2D eigenvalue weighted by atomic mass is 9.91. The Bertz CT molecular complexity index is 377. The first-order valence-electron chi connectivity index (χ1n) is 5.58. The predicted molar refractivity (Wildman–Crippen MR) is 58.4 cm³/mol. The van der Waals surface area contributed by atoms with Crippen LogP contribution < -0.4 is 5.73 Å². The molecule has 1 saturated carbocycles. The lowest BCUT2D eigenvalue weighted by Gasteiger charge is -2.19. The Morgan fingerprint density at radius 2 is 2.14 bits per heavy atom. The smallest absolute Gasteiger partial charge is 0.0225 e. The zero-order chi connectivity index (χ0) is 9.76. The van der Waals surface area contributed by atoms with Gasteiger partial charge in [-0.25, -0.2) is 0 Å². The molecular formula is C13H17N. The normalized spacial score (nSPS) is 27.4. The van der Waals surface area contributed by atoms with Crippen LogP contribution in [0.25, 0.3) is 0 Å². The molecule has 0 aromatic heterocycles. The van der Waals surface area contributed by atoms with E-state index in [0.717, 1.165) is 0 Å². The van der Waals surface area contributed by atoms with E-state index in [1.807, 2.05) is 0 Å². The third-order valence-corrected chi connectivity index (χ3v) is 4.03. The molecule has 0 aliphatic heterocycles. The van der Waals surface area contributed by atoms with Crippen LogP contribution in [0, 0.1) is 6.92 Å². The van der Waals surface area contributed by atoms with Crippen molar-refractivity contribution >= 4 is 0 Å². The van der Waals surface area contributed by atoms with Crippen molar-refractivity contribution < 1.29 is 0 Å². The Balaban J connectivity index is 2.06. The molecule has 1 heteroatoms. The van der Waals surface area contributed by atoms with Gasteiger partial charge in [0.2, 0.25) is 0 Å². The standard InChI is InChI=1S/C13H17N/c1-9-3-2-4-11-10(9)5-6-12(11)13(14)7-8-13/h2-4,12H,5-8,14H2,1H3. The van der Waals surface area contributed by atoms with Crippen molar-refractivity contribution in [3.63, 3.8) is 0 Å². The third-order valence-electron chi connectivity index (χ3n) is 4.03. The summed E-state index contributed by atoms with van der Waals surface area (Å²) in [5.41, 5.74) is 11.1. The van der Waals surface area contributed by atoms with E-state index in [4.69, 9.17) is 5.73 Å². The first-order chi connectivity index (χ1) is 6.71. The van der Waals surface area contributed by atoms with Crippen molar-refractivity contribution in [2.45, 2.75) is 44.1 Å². The molecule has 3 rings (SSSR count). The number of hydrogen-bond donors (Lipinski definition) is 1. The number of hydrogen-bond acceptors (Lipinski definition) is 1. The molecule has 0 saturated heterocycles. The summed E-state index contributed by atoms with van der Waals surface area (Å²) in [6.45, 7) is 2.22. The molecule has 2 aliphatic carbocycles. The van der Waals surface area contributed by atoms with E-state index in [-0.39, 0.29) is 5.54 Å². The first kappa shape index (κ1) is 8.49. The van der Waals surface area contributed by atoms with Gasteiger partial charge in [-0.3, -0.25) is 0 Å². The van der Waals surface area contributed by atoms with Crippen LogP contribution in [0.1, 0.15) is 41.9 Å². The van der Waals surface area contributed by atoms with Crippen molar-refractivity contribution in [3.8, 4) is 0 Å². The van der Waals surface area contributed by atoms with Gasteiger partial charge in [0, 0.05) is 11.5 Å². The largest absolute Gasteiger partial charge is 0.325 e. The Morgan fingerprint density at radius 3 is 2.86 bits per heavy atom. The van der Waals surface area contributed by atoms with Gasteiger partial charge >= 0.3 is 0 Å². The highest BCUT2D eigenvalue weighted by molar-refractivity contribution is 5.43. The second-order valence-corrected chi connectivity index (χ2v) is 4.97. The number of nitrogens with two attached hydrogens (primary N) is 1. The van der Waals surface area contributed by atoms with Crippen molar-refractivity contribution in [3.05, 3.63) is 34.9 Å². The van der Waals surface area contributed by atoms with Gasteiger partial charge in [-0.1, -0.05) is 18.2 Å². The quantitative estimate of drug-likeness (QED) is 0.718. The maximum atomic E-state index is 6.32. The van der Waals surface area contributed by atoms with Crippen molar-refractivity contribution in [2.75, 3.05) is 0 Å². The molecule has 1 aromatic rings. The van der Waals surface area contributed by atoms with Crippen LogP contribution in [-0.2, 0) is 6.42 Å². The molecule has 1 aromatic carbocycles. The Labute approximate surface area is 85.3 Å².